The number of benzene rings is 1. The average Bonchev–Trinajstić information content (AvgIpc) is 2.88. The van der Waals surface area contributed by atoms with Crippen LogP contribution in [-0.2, 0) is 4.79 Å². The molecule has 2 rings (SSSR count). The fourth-order valence-electron chi connectivity index (χ4n) is 2.33. The lowest BCUT2D eigenvalue weighted by molar-refractivity contribution is -0.139. The van der Waals surface area contributed by atoms with Crippen LogP contribution in [-0.4, -0.2) is 32.8 Å². The Morgan fingerprint density at radius 1 is 1.29 bits per heavy atom. The molecule has 0 aliphatic heterocycles. The third-order valence-electron chi connectivity index (χ3n) is 3.51. The smallest absolute Gasteiger partial charge is 0.326 e. The Hall–Kier alpha value is -2.70. The van der Waals surface area contributed by atoms with Crippen molar-refractivity contribution in [1.82, 2.24) is 15.1 Å². The molecule has 0 fully saturated rings. The van der Waals surface area contributed by atoms with Gasteiger partial charge < -0.3 is 10.4 Å². The molecule has 1 aromatic heterocycles. The number of halogens is 1. The number of rotatable bonds is 6. The monoisotopic (exact) mass is 333 g/mol. The average molecular weight is 333 g/mol. The predicted octanol–water partition coefficient (Wildman–Crippen LogP) is 2.55. The molecule has 0 spiro atoms. The first kappa shape index (κ1) is 17.7. The lowest BCUT2D eigenvalue weighted by Crippen LogP contribution is -2.42. The Kier molecular flexibility index (Phi) is 5.33. The molecule has 0 saturated carbocycles. The van der Waals surface area contributed by atoms with Crippen molar-refractivity contribution >= 4 is 11.9 Å². The number of carboxylic acid groups (broad SMARTS) is 1. The highest BCUT2D eigenvalue weighted by Gasteiger charge is 2.24. The Labute approximate surface area is 139 Å². The molecule has 1 unspecified atom stereocenters. The van der Waals surface area contributed by atoms with Gasteiger partial charge in [0.1, 0.15) is 11.9 Å². The second-order valence-electron chi connectivity index (χ2n) is 6.08. The highest BCUT2D eigenvalue weighted by atomic mass is 19.1. The maximum atomic E-state index is 13.0. The van der Waals surface area contributed by atoms with Gasteiger partial charge in [-0.1, -0.05) is 13.8 Å². The molecule has 0 radical (unpaired) electrons. The van der Waals surface area contributed by atoms with Crippen molar-refractivity contribution < 1.29 is 19.1 Å². The minimum Gasteiger partial charge on any atom is -0.480 e. The van der Waals surface area contributed by atoms with Crippen molar-refractivity contribution in [2.75, 3.05) is 0 Å². The molecule has 1 heterocycles. The first-order valence-corrected chi connectivity index (χ1v) is 7.63. The summed E-state index contributed by atoms with van der Waals surface area (Å²) < 4.78 is 14.4. The van der Waals surface area contributed by atoms with E-state index in [9.17, 15) is 19.1 Å². The van der Waals surface area contributed by atoms with Gasteiger partial charge in [0.05, 0.1) is 5.69 Å². The van der Waals surface area contributed by atoms with Crippen LogP contribution in [0.15, 0.2) is 30.5 Å². The van der Waals surface area contributed by atoms with Gasteiger partial charge in [-0.05, 0) is 43.5 Å². The van der Waals surface area contributed by atoms with Crippen LogP contribution in [0.5, 0.6) is 0 Å². The molecular weight excluding hydrogens is 313 g/mol. The molecule has 128 valence electrons. The Morgan fingerprint density at radius 2 is 1.92 bits per heavy atom. The minimum atomic E-state index is -1.08. The van der Waals surface area contributed by atoms with Gasteiger partial charge in [0.25, 0.3) is 5.91 Å². The fraction of sp³-hybridized carbons (Fsp3) is 0.353. The summed E-state index contributed by atoms with van der Waals surface area (Å²) in [5.41, 5.74) is 1.36. The fourth-order valence-corrected chi connectivity index (χ4v) is 2.33. The van der Waals surface area contributed by atoms with Crippen molar-refractivity contribution in [3.8, 4) is 5.69 Å². The number of hydrogen-bond donors (Lipinski definition) is 2. The second-order valence-corrected chi connectivity index (χ2v) is 6.08. The molecular formula is C17H20FN3O3. The van der Waals surface area contributed by atoms with Gasteiger partial charge in [-0.25, -0.2) is 13.9 Å². The van der Waals surface area contributed by atoms with E-state index in [0.29, 0.717) is 17.7 Å². The van der Waals surface area contributed by atoms with E-state index in [1.807, 2.05) is 13.8 Å². The topological polar surface area (TPSA) is 84.2 Å². The zero-order chi connectivity index (χ0) is 17.9. The number of aliphatic carboxylic acids is 1. The van der Waals surface area contributed by atoms with E-state index in [4.69, 9.17) is 0 Å². The number of aryl methyl sites for hydroxylation is 1. The largest absolute Gasteiger partial charge is 0.480 e. The molecule has 24 heavy (non-hydrogen) atoms. The quantitative estimate of drug-likeness (QED) is 0.851. The van der Waals surface area contributed by atoms with E-state index >= 15 is 0 Å². The van der Waals surface area contributed by atoms with Crippen LogP contribution < -0.4 is 5.32 Å². The number of amides is 1. The number of carbonyl (C=O) groups is 2. The second kappa shape index (κ2) is 7.25. The summed E-state index contributed by atoms with van der Waals surface area (Å²) in [4.78, 5) is 23.6. The zero-order valence-electron chi connectivity index (χ0n) is 13.8. The number of carbonyl (C=O) groups excluding carboxylic acids is 1. The highest BCUT2D eigenvalue weighted by molar-refractivity contribution is 5.96. The summed E-state index contributed by atoms with van der Waals surface area (Å²) in [5.74, 6) is -1.85. The lowest BCUT2D eigenvalue weighted by Gasteiger charge is -2.15. The van der Waals surface area contributed by atoms with Gasteiger partial charge >= 0.3 is 5.97 Å². The van der Waals surface area contributed by atoms with Gasteiger partial charge in [0, 0.05) is 11.8 Å². The molecule has 2 aromatic rings. The van der Waals surface area contributed by atoms with Crippen molar-refractivity contribution in [3.05, 3.63) is 47.5 Å². The molecule has 1 aromatic carbocycles. The minimum absolute atomic E-state index is 0.129. The molecule has 2 N–H and O–H groups in total. The van der Waals surface area contributed by atoms with Crippen LogP contribution in [0, 0.1) is 18.7 Å². The SMILES string of the molecule is Cc1cn(-c2ccc(F)cc2)nc1C(=O)NC(CC(C)C)C(=O)O. The van der Waals surface area contributed by atoms with E-state index in [0.717, 1.165) is 0 Å². The van der Waals surface area contributed by atoms with Gasteiger partial charge in [-0.15, -0.1) is 0 Å². The Morgan fingerprint density at radius 3 is 2.46 bits per heavy atom. The maximum Gasteiger partial charge on any atom is 0.326 e. The van der Waals surface area contributed by atoms with E-state index in [1.54, 1.807) is 25.3 Å². The molecule has 0 bridgehead atoms. The molecule has 6 nitrogen and oxygen atoms in total. The maximum absolute atomic E-state index is 13.0. The summed E-state index contributed by atoms with van der Waals surface area (Å²) in [7, 11) is 0. The molecule has 1 amide bonds. The number of nitrogens with zero attached hydrogens (tertiary/aromatic N) is 2. The van der Waals surface area contributed by atoms with Gasteiger partial charge in [-0.3, -0.25) is 4.79 Å². The predicted molar refractivity (Wildman–Crippen MR) is 86.6 cm³/mol. The van der Waals surface area contributed by atoms with Crippen molar-refractivity contribution in [3.63, 3.8) is 0 Å². The van der Waals surface area contributed by atoms with Gasteiger partial charge in [0.15, 0.2) is 5.69 Å². The van der Waals surface area contributed by atoms with Crippen LogP contribution in [0.4, 0.5) is 4.39 Å². The Bertz CT molecular complexity index is 738. The van der Waals surface area contributed by atoms with Gasteiger partial charge in [0.2, 0.25) is 0 Å². The van der Waals surface area contributed by atoms with Crippen molar-refractivity contribution in [2.24, 2.45) is 5.92 Å². The number of nitrogens with one attached hydrogen (secondary N) is 1. The van der Waals surface area contributed by atoms with E-state index in [-0.39, 0.29) is 17.4 Å². The van der Waals surface area contributed by atoms with E-state index < -0.39 is 17.9 Å². The van der Waals surface area contributed by atoms with Crippen LogP contribution in [0.3, 0.4) is 0 Å². The number of aromatic nitrogens is 2. The van der Waals surface area contributed by atoms with E-state index in [1.165, 1.54) is 16.8 Å². The molecule has 7 heteroatoms. The standard InChI is InChI=1S/C17H20FN3O3/c1-10(2)8-14(17(23)24)19-16(22)15-11(3)9-21(20-15)13-6-4-12(18)5-7-13/h4-7,9-10,14H,8H2,1-3H3,(H,19,22)(H,23,24). The van der Waals surface area contributed by atoms with Crippen molar-refractivity contribution in [2.45, 2.75) is 33.2 Å². The number of carboxylic acids is 1. The lowest BCUT2D eigenvalue weighted by atomic mass is 10.0. The Balaban J connectivity index is 2.21. The van der Waals surface area contributed by atoms with Crippen LogP contribution in [0.1, 0.15) is 36.3 Å². The summed E-state index contributed by atoms with van der Waals surface area (Å²) in [5, 5.41) is 15.9. The summed E-state index contributed by atoms with van der Waals surface area (Å²) >= 11 is 0. The normalized spacial score (nSPS) is 12.2. The summed E-state index contributed by atoms with van der Waals surface area (Å²) in [6.07, 6.45) is 1.97. The summed E-state index contributed by atoms with van der Waals surface area (Å²) in [6, 6.07) is 4.72. The summed E-state index contributed by atoms with van der Waals surface area (Å²) in [6.45, 7) is 5.48. The third kappa shape index (κ3) is 4.18. The zero-order valence-corrected chi connectivity index (χ0v) is 13.8. The van der Waals surface area contributed by atoms with E-state index in [2.05, 4.69) is 10.4 Å². The highest BCUT2D eigenvalue weighted by Crippen LogP contribution is 2.13. The van der Waals surface area contributed by atoms with Crippen LogP contribution >= 0.6 is 0 Å². The molecule has 0 aliphatic carbocycles. The molecule has 0 aliphatic rings. The molecule has 0 saturated heterocycles. The van der Waals surface area contributed by atoms with Gasteiger partial charge in [-0.2, -0.15) is 5.10 Å². The third-order valence-corrected chi connectivity index (χ3v) is 3.51. The molecule has 1 atom stereocenters. The first-order valence-electron chi connectivity index (χ1n) is 7.63. The van der Waals surface area contributed by atoms with Crippen molar-refractivity contribution in [1.29, 1.82) is 0 Å². The number of hydrogen-bond acceptors (Lipinski definition) is 3. The van der Waals surface area contributed by atoms with Crippen LogP contribution in [0.25, 0.3) is 5.69 Å². The van der Waals surface area contributed by atoms with Crippen LogP contribution in [0.2, 0.25) is 0 Å². The first-order chi connectivity index (χ1) is 11.3.